The van der Waals surface area contributed by atoms with Crippen molar-refractivity contribution in [1.82, 2.24) is 9.88 Å². The monoisotopic (exact) mass is 691 g/mol. The van der Waals surface area contributed by atoms with Crippen LogP contribution >= 0.6 is 0 Å². The summed E-state index contributed by atoms with van der Waals surface area (Å²) >= 11 is 0. The largest absolute Gasteiger partial charge is 0.478 e. The summed E-state index contributed by atoms with van der Waals surface area (Å²) in [6, 6.07) is 14.2. The van der Waals surface area contributed by atoms with Crippen LogP contribution in [-0.4, -0.2) is 63.9 Å². The fraction of sp³-hybridized carbons (Fsp3) is 0.222. The second-order valence-electron chi connectivity index (χ2n) is 11.6. The van der Waals surface area contributed by atoms with Crippen molar-refractivity contribution in [3.63, 3.8) is 0 Å². The molecule has 0 saturated heterocycles. The van der Waals surface area contributed by atoms with Gasteiger partial charge in [-0.05, 0) is 86.3 Å². The molecule has 1 aromatic heterocycles. The summed E-state index contributed by atoms with van der Waals surface area (Å²) in [5.41, 5.74) is 0.563. The van der Waals surface area contributed by atoms with Gasteiger partial charge in [0.05, 0.1) is 33.6 Å². The van der Waals surface area contributed by atoms with E-state index in [0.29, 0.717) is 17.7 Å². The lowest BCUT2D eigenvalue weighted by atomic mass is 10.0. The lowest BCUT2D eigenvalue weighted by Crippen LogP contribution is -2.24. The number of carboxylic acids is 2. The number of anilines is 1. The Hall–Kier alpha value is -6.05. The molecule has 14 heteroatoms. The second-order valence-corrected chi connectivity index (χ2v) is 11.6. The molecule has 0 radical (unpaired) electrons. The molecule has 3 N–H and O–H groups in total. The Labute approximate surface area is 284 Å². The molecule has 4 aromatic rings. The van der Waals surface area contributed by atoms with Crippen molar-refractivity contribution in [2.45, 2.75) is 39.3 Å². The van der Waals surface area contributed by atoms with Crippen LogP contribution in [0, 0.1) is 13.8 Å². The quantitative estimate of drug-likeness (QED) is 0.115. The van der Waals surface area contributed by atoms with Gasteiger partial charge in [-0.25, -0.2) is 9.59 Å². The number of aromatic nitrogens is 1. The Bertz CT molecular complexity index is 1990. The minimum absolute atomic E-state index is 0.0695. The van der Waals surface area contributed by atoms with E-state index >= 15 is 0 Å². The first-order valence-electron chi connectivity index (χ1n) is 15.1. The minimum atomic E-state index is -4.54. The van der Waals surface area contributed by atoms with E-state index in [0.717, 1.165) is 18.2 Å². The molecule has 50 heavy (non-hydrogen) atoms. The maximum Gasteiger partial charge on any atom is 0.416 e. The lowest BCUT2D eigenvalue weighted by molar-refractivity contribution is -0.137. The predicted molar refractivity (Wildman–Crippen MR) is 175 cm³/mol. The highest BCUT2D eigenvalue weighted by molar-refractivity contribution is 6.11. The van der Waals surface area contributed by atoms with Gasteiger partial charge in [-0.15, -0.1) is 0 Å². The number of hydrogen-bond acceptors (Lipinski definition) is 7. The molecule has 2 amide bonds. The molecule has 0 aliphatic heterocycles. The van der Waals surface area contributed by atoms with Gasteiger partial charge in [0.1, 0.15) is 11.3 Å². The number of aromatic carboxylic acids is 2. The fourth-order valence-corrected chi connectivity index (χ4v) is 5.03. The van der Waals surface area contributed by atoms with E-state index in [1.54, 1.807) is 25.1 Å². The van der Waals surface area contributed by atoms with E-state index < -0.39 is 47.0 Å². The van der Waals surface area contributed by atoms with Gasteiger partial charge in [0, 0.05) is 31.8 Å². The van der Waals surface area contributed by atoms with Crippen LogP contribution in [0.15, 0.2) is 66.7 Å². The topological polar surface area (TPSA) is 163 Å². The van der Waals surface area contributed by atoms with Crippen molar-refractivity contribution >= 4 is 35.4 Å². The molecule has 0 atom stereocenters. The number of nitrogens with one attached hydrogen (secondary N) is 1. The number of carbonyl (C=O) groups excluding carboxylic acids is 3. The molecule has 0 aliphatic carbocycles. The molecule has 0 bridgehead atoms. The molecular formula is C36H32F3N3O8. The molecule has 0 saturated carbocycles. The van der Waals surface area contributed by atoms with E-state index in [-0.39, 0.29) is 57.8 Å². The third kappa shape index (κ3) is 8.69. The number of hydrogen-bond donors (Lipinski definition) is 3. The number of ether oxygens (including phenoxy) is 1. The highest BCUT2D eigenvalue weighted by Crippen LogP contribution is 2.32. The Balaban J connectivity index is 1.52. The number of aryl methyl sites for hydroxylation is 3. The van der Waals surface area contributed by atoms with Gasteiger partial charge in [0.25, 0.3) is 11.8 Å². The van der Waals surface area contributed by atoms with Crippen molar-refractivity contribution < 1.29 is 52.1 Å². The van der Waals surface area contributed by atoms with Crippen LogP contribution in [0.5, 0.6) is 5.75 Å². The molecule has 4 rings (SSSR count). The summed E-state index contributed by atoms with van der Waals surface area (Å²) in [5.74, 6) is -4.88. The normalized spacial score (nSPS) is 11.1. The van der Waals surface area contributed by atoms with Crippen molar-refractivity contribution in [2.24, 2.45) is 0 Å². The van der Waals surface area contributed by atoms with Crippen LogP contribution in [-0.2, 0) is 17.4 Å². The highest BCUT2D eigenvalue weighted by atomic mass is 19.4. The molecule has 0 aliphatic rings. The zero-order chi connectivity index (χ0) is 36.9. The number of rotatable bonds is 11. The van der Waals surface area contributed by atoms with E-state index in [2.05, 4.69) is 10.3 Å². The Morgan fingerprint density at radius 3 is 2.12 bits per heavy atom. The average Bonchev–Trinajstić information content (AvgIpc) is 3.05. The molecule has 3 aromatic carbocycles. The number of amides is 2. The van der Waals surface area contributed by atoms with Crippen LogP contribution in [0.1, 0.15) is 76.7 Å². The number of esters is 1. The SMILES string of the molecule is Cc1ccc(C(=O)Nc2ccc(CCCC(=O)Oc3c(C)cc(C(=O)O)cc3C(=O)O)cc2C(=O)N(C)C)c(-c2ccc(C(F)(F)F)cc2)n1. The van der Waals surface area contributed by atoms with Gasteiger partial charge in [-0.2, -0.15) is 13.2 Å². The van der Waals surface area contributed by atoms with Crippen molar-refractivity contribution in [3.05, 3.63) is 111 Å². The van der Waals surface area contributed by atoms with Gasteiger partial charge in [-0.1, -0.05) is 18.2 Å². The zero-order valence-electron chi connectivity index (χ0n) is 27.3. The average molecular weight is 692 g/mol. The van der Waals surface area contributed by atoms with E-state index in [1.807, 2.05) is 0 Å². The van der Waals surface area contributed by atoms with Gasteiger partial charge >= 0.3 is 24.1 Å². The Morgan fingerprint density at radius 1 is 0.840 bits per heavy atom. The first-order chi connectivity index (χ1) is 23.5. The summed E-state index contributed by atoms with van der Waals surface area (Å²) in [4.78, 5) is 68.1. The second kappa shape index (κ2) is 15.0. The third-order valence-corrected chi connectivity index (χ3v) is 7.55. The van der Waals surface area contributed by atoms with Crippen LogP contribution < -0.4 is 10.1 Å². The molecule has 11 nitrogen and oxygen atoms in total. The Morgan fingerprint density at radius 2 is 1.52 bits per heavy atom. The number of carboxylic acid groups (broad SMARTS) is 2. The highest BCUT2D eigenvalue weighted by Gasteiger charge is 2.30. The van der Waals surface area contributed by atoms with E-state index in [9.17, 15) is 47.4 Å². The first kappa shape index (κ1) is 36.8. The Kier molecular flexibility index (Phi) is 11.0. The molecule has 0 unspecified atom stereocenters. The summed E-state index contributed by atoms with van der Waals surface area (Å²) < 4.78 is 44.7. The number of carbonyl (C=O) groups is 5. The molecule has 0 fully saturated rings. The van der Waals surface area contributed by atoms with Crippen LogP contribution in [0.3, 0.4) is 0 Å². The fourth-order valence-electron chi connectivity index (χ4n) is 5.03. The van der Waals surface area contributed by atoms with Crippen LogP contribution in [0.25, 0.3) is 11.3 Å². The van der Waals surface area contributed by atoms with Gasteiger partial charge in [0.2, 0.25) is 0 Å². The van der Waals surface area contributed by atoms with Crippen molar-refractivity contribution in [1.29, 1.82) is 0 Å². The van der Waals surface area contributed by atoms with Crippen LogP contribution in [0.4, 0.5) is 18.9 Å². The first-order valence-corrected chi connectivity index (χ1v) is 15.1. The van der Waals surface area contributed by atoms with Gasteiger partial charge < -0.3 is 25.2 Å². The summed E-state index contributed by atoms with van der Waals surface area (Å²) in [6.45, 7) is 3.10. The number of nitrogens with zero attached hydrogens (tertiary/aromatic N) is 2. The molecular weight excluding hydrogens is 659 g/mol. The van der Waals surface area contributed by atoms with Crippen molar-refractivity contribution in [2.75, 3.05) is 19.4 Å². The zero-order valence-corrected chi connectivity index (χ0v) is 27.3. The number of halogens is 3. The van der Waals surface area contributed by atoms with Crippen molar-refractivity contribution in [3.8, 4) is 17.0 Å². The van der Waals surface area contributed by atoms with E-state index in [4.69, 9.17) is 4.74 Å². The lowest BCUT2D eigenvalue weighted by Gasteiger charge is -2.17. The third-order valence-electron chi connectivity index (χ3n) is 7.55. The standard InChI is InChI=1S/C36H32F3N3O8/c1-19-16-23(34(46)47)18-27(35(48)49)31(19)50-29(43)7-5-6-21-9-15-28(26(17-21)33(45)42(3)4)41-32(44)25-14-8-20(2)40-30(25)22-10-12-24(13-11-22)36(37,38)39/h8-18H,5-7H2,1-4H3,(H,41,44)(H,46,47)(H,48,49). The minimum Gasteiger partial charge on any atom is -0.478 e. The number of pyridine rings is 1. The molecule has 0 spiro atoms. The van der Waals surface area contributed by atoms with Crippen LogP contribution in [0.2, 0.25) is 0 Å². The van der Waals surface area contributed by atoms with E-state index in [1.165, 1.54) is 56.3 Å². The number of alkyl halides is 3. The summed E-state index contributed by atoms with van der Waals surface area (Å²) in [7, 11) is 3.05. The summed E-state index contributed by atoms with van der Waals surface area (Å²) in [6.07, 6.45) is -4.14. The molecule has 1 heterocycles. The number of benzene rings is 3. The molecule has 260 valence electrons. The maximum atomic E-state index is 13.5. The van der Waals surface area contributed by atoms with Gasteiger partial charge in [0.15, 0.2) is 0 Å². The predicted octanol–water partition coefficient (Wildman–Crippen LogP) is 6.66. The van der Waals surface area contributed by atoms with Gasteiger partial charge in [-0.3, -0.25) is 19.4 Å². The summed E-state index contributed by atoms with van der Waals surface area (Å²) in [5, 5.41) is 21.5. The maximum absolute atomic E-state index is 13.5. The smallest absolute Gasteiger partial charge is 0.416 e.